The van der Waals surface area contributed by atoms with Gasteiger partial charge < -0.3 is 21.1 Å². The molecule has 166 valence electrons. The van der Waals surface area contributed by atoms with Crippen LogP contribution in [0.4, 0.5) is 5.82 Å². The molecule has 0 atom stereocenters. The van der Waals surface area contributed by atoms with E-state index in [4.69, 9.17) is 10.7 Å². The molecular formula is C24H33N5O2. The molecule has 1 saturated heterocycles. The van der Waals surface area contributed by atoms with Gasteiger partial charge >= 0.3 is 0 Å². The molecule has 1 aliphatic heterocycles. The highest BCUT2D eigenvalue weighted by atomic mass is 16.3. The number of rotatable bonds is 4. The van der Waals surface area contributed by atoms with Crippen LogP contribution in [0.25, 0.3) is 10.9 Å². The van der Waals surface area contributed by atoms with Gasteiger partial charge in [0.05, 0.1) is 17.2 Å². The monoisotopic (exact) mass is 423 g/mol. The summed E-state index contributed by atoms with van der Waals surface area (Å²) in [6.45, 7) is 5.32. The molecule has 2 heterocycles. The number of nitrogens with two attached hydrogens (primary N) is 1. The lowest BCUT2D eigenvalue weighted by Crippen LogP contribution is -2.47. The number of hydrogen-bond acceptors (Lipinski definition) is 5. The second kappa shape index (κ2) is 9.32. The van der Waals surface area contributed by atoms with Crippen LogP contribution in [0.5, 0.6) is 0 Å². The molecule has 1 aromatic carbocycles. The third kappa shape index (κ3) is 5.22. The van der Waals surface area contributed by atoms with Crippen LogP contribution in [0.3, 0.4) is 0 Å². The number of amidine groups is 1. The van der Waals surface area contributed by atoms with Gasteiger partial charge in [0, 0.05) is 30.6 Å². The first-order valence-corrected chi connectivity index (χ1v) is 11.3. The number of nitrogens with zero attached hydrogens (tertiary/aromatic N) is 3. The third-order valence-corrected chi connectivity index (χ3v) is 6.42. The number of fused-ring (bicyclic) bond motifs is 1. The van der Waals surface area contributed by atoms with Gasteiger partial charge in [0.1, 0.15) is 11.7 Å². The number of benzene rings is 1. The van der Waals surface area contributed by atoms with Crippen molar-refractivity contribution in [2.24, 2.45) is 10.7 Å². The smallest absolute Gasteiger partial charge is 0.282 e. The summed E-state index contributed by atoms with van der Waals surface area (Å²) in [4.78, 5) is 23.9. The molecule has 0 bridgehead atoms. The summed E-state index contributed by atoms with van der Waals surface area (Å²) in [6, 6.07) is 8.95. The lowest BCUT2D eigenvalue weighted by atomic mass is 9.91. The number of aliphatic imine (C=N–C) groups is 1. The van der Waals surface area contributed by atoms with Crippen molar-refractivity contribution < 1.29 is 9.90 Å². The fraction of sp³-hybridized carbons (Fsp3) is 0.542. The zero-order valence-electron chi connectivity index (χ0n) is 18.5. The zero-order valence-corrected chi connectivity index (χ0v) is 18.5. The lowest BCUT2D eigenvalue weighted by Gasteiger charge is -2.37. The Morgan fingerprint density at radius 3 is 2.48 bits per heavy atom. The highest BCUT2D eigenvalue weighted by Gasteiger charge is 2.27. The molecule has 4 N–H and O–H groups in total. The molecule has 1 aliphatic carbocycles. The van der Waals surface area contributed by atoms with Crippen LogP contribution in [-0.4, -0.2) is 53.1 Å². The van der Waals surface area contributed by atoms with Gasteiger partial charge in [-0.05, 0) is 70.6 Å². The zero-order chi connectivity index (χ0) is 22.0. The number of piperidine rings is 1. The first-order valence-electron chi connectivity index (χ1n) is 11.3. The van der Waals surface area contributed by atoms with E-state index in [2.05, 4.69) is 15.2 Å². The first-order chi connectivity index (χ1) is 14.9. The highest BCUT2D eigenvalue weighted by Crippen LogP contribution is 2.28. The molecule has 7 heteroatoms. The minimum atomic E-state index is -0.341. The highest BCUT2D eigenvalue weighted by molar-refractivity contribution is 6.07. The number of aromatic nitrogens is 1. The quantitative estimate of drug-likeness (QED) is 0.516. The number of aliphatic hydroxyl groups excluding tert-OH is 1. The minimum Gasteiger partial charge on any atom is -0.393 e. The molecule has 31 heavy (non-hydrogen) atoms. The molecule has 2 fully saturated rings. The van der Waals surface area contributed by atoms with E-state index in [0.717, 1.165) is 68.1 Å². The summed E-state index contributed by atoms with van der Waals surface area (Å²) in [5.74, 6) is 0.610. The number of hydrogen-bond donors (Lipinski definition) is 3. The van der Waals surface area contributed by atoms with Crippen molar-refractivity contribution in [2.45, 2.75) is 70.6 Å². The summed E-state index contributed by atoms with van der Waals surface area (Å²) in [6.07, 6.45) is 5.74. The Bertz CT molecular complexity index is 969. The summed E-state index contributed by atoms with van der Waals surface area (Å²) in [7, 11) is 0. The second-order valence-electron chi connectivity index (χ2n) is 9.05. The van der Waals surface area contributed by atoms with Crippen LogP contribution < -0.4 is 16.0 Å². The third-order valence-electron chi connectivity index (χ3n) is 6.42. The molecule has 0 unspecified atom stereocenters. The molecule has 1 aromatic heterocycles. The second-order valence-corrected chi connectivity index (χ2v) is 9.05. The van der Waals surface area contributed by atoms with Crippen molar-refractivity contribution >= 4 is 28.5 Å². The minimum absolute atomic E-state index is 0.126. The van der Waals surface area contributed by atoms with Crippen LogP contribution >= 0.6 is 0 Å². The van der Waals surface area contributed by atoms with Crippen LogP contribution in [0.2, 0.25) is 0 Å². The van der Waals surface area contributed by atoms with E-state index in [9.17, 15) is 9.90 Å². The van der Waals surface area contributed by atoms with Crippen molar-refractivity contribution in [3.05, 3.63) is 35.4 Å². The van der Waals surface area contributed by atoms with Gasteiger partial charge in [-0.1, -0.05) is 11.6 Å². The topological polar surface area (TPSA) is 104 Å². The van der Waals surface area contributed by atoms with Crippen molar-refractivity contribution in [2.75, 3.05) is 18.0 Å². The number of aliphatic hydroxyl groups is 1. The van der Waals surface area contributed by atoms with E-state index in [1.165, 1.54) is 0 Å². The Kier molecular flexibility index (Phi) is 6.53. The number of aryl methyl sites for hydroxylation is 1. The van der Waals surface area contributed by atoms with E-state index in [1.54, 1.807) is 6.92 Å². The molecular weight excluding hydrogens is 390 g/mol. The van der Waals surface area contributed by atoms with E-state index < -0.39 is 0 Å². The van der Waals surface area contributed by atoms with E-state index >= 15 is 0 Å². The number of anilines is 1. The Hall–Kier alpha value is -2.51. The average Bonchev–Trinajstić information content (AvgIpc) is 2.74. The number of carbonyl (C=O) groups is 1. The predicted molar refractivity (Wildman–Crippen MR) is 125 cm³/mol. The molecule has 4 rings (SSSR count). The Labute approximate surface area is 183 Å². The summed E-state index contributed by atoms with van der Waals surface area (Å²) < 4.78 is 0. The molecule has 2 aliphatic rings. The molecule has 1 saturated carbocycles. The van der Waals surface area contributed by atoms with E-state index in [0.29, 0.717) is 23.5 Å². The van der Waals surface area contributed by atoms with Crippen LogP contribution in [0.1, 0.15) is 61.4 Å². The Morgan fingerprint density at radius 1 is 1.13 bits per heavy atom. The van der Waals surface area contributed by atoms with E-state index in [-0.39, 0.29) is 17.8 Å². The maximum absolute atomic E-state index is 12.8. The number of pyridine rings is 1. The normalized spacial score (nSPS) is 23.3. The predicted octanol–water partition coefficient (Wildman–Crippen LogP) is 2.92. The van der Waals surface area contributed by atoms with Gasteiger partial charge in [0.2, 0.25) is 0 Å². The van der Waals surface area contributed by atoms with Gasteiger partial charge in [-0.25, -0.2) is 4.98 Å². The fourth-order valence-electron chi connectivity index (χ4n) is 4.74. The first kappa shape index (κ1) is 21.7. The van der Waals surface area contributed by atoms with Gasteiger partial charge in [-0.3, -0.25) is 4.79 Å². The van der Waals surface area contributed by atoms with Crippen LogP contribution in [0, 0.1) is 6.92 Å². The van der Waals surface area contributed by atoms with E-state index in [1.807, 2.05) is 31.2 Å². The van der Waals surface area contributed by atoms with Gasteiger partial charge in [0.15, 0.2) is 0 Å². The SMILES string of the molecule is CC(N)=NC(=O)c1cc2cc(C)ccc2nc1N1CCC(NC2CCC(O)CC2)CC1. The Balaban J connectivity index is 1.52. The van der Waals surface area contributed by atoms with Crippen LogP contribution in [-0.2, 0) is 0 Å². The van der Waals surface area contributed by atoms with Crippen molar-refractivity contribution in [1.82, 2.24) is 10.3 Å². The van der Waals surface area contributed by atoms with Crippen LogP contribution in [0.15, 0.2) is 29.3 Å². The van der Waals surface area contributed by atoms with Gasteiger partial charge in [-0.15, -0.1) is 0 Å². The maximum atomic E-state index is 12.8. The molecule has 7 nitrogen and oxygen atoms in total. The fourth-order valence-corrected chi connectivity index (χ4v) is 4.74. The Morgan fingerprint density at radius 2 is 1.81 bits per heavy atom. The van der Waals surface area contributed by atoms with Crippen molar-refractivity contribution in [3.8, 4) is 0 Å². The average molecular weight is 424 g/mol. The van der Waals surface area contributed by atoms with Gasteiger partial charge in [-0.2, -0.15) is 4.99 Å². The summed E-state index contributed by atoms with van der Waals surface area (Å²) >= 11 is 0. The maximum Gasteiger partial charge on any atom is 0.282 e. The molecule has 2 aromatic rings. The molecule has 0 radical (unpaired) electrons. The summed E-state index contributed by atoms with van der Waals surface area (Å²) in [5, 5.41) is 14.4. The molecule has 0 spiro atoms. The summed E-state index contributed by atoms with van der Waals surface area (Å²) in [5.41, 5.74) is 8.20. The largest absolute Gasteiger partial charge is 0.393 e. The van der Waals surface area contributed by atoms with Crippen molar-refractivity contribution in [3.63, 3.8) is 0 Å². The number of carbonyl (C=O) groups excluding carboxylic acids is 1. The number of amides is 1. The molecule has 1 amide bonds. The number of nitrogens with one attached hydrogen (secondary N) is 1. The standard InChI is InChI=1S/C24H33N5O2/c1-15-3-8-22-17(13-15)14-21(24(31)26-16(2)25)23(28-22)29-11-9-19(10-12-29)27-18-4-6-20(30)7-5-18/h3,8,13-14,18-20,27,30H,4-7,9-12H2,1-2H3,(H2,25,26,31). The van der Waals surface area contributed by atoms with Crippen molar-refractivity contribution in [1.29, 1.82) is 0 Å². The van der Waals surface area contributed by atoms with Gasteiger partial charge in [0.25, 0.3) is 5.91 Å². The lowest BCUT2D eigenvalue weighted by molar-refractivity contribution is 0.100.